The number of halogens is 1. The molecule has 3 nitrogen and oxygen atoms in total. The number of carbonyl (C=O) groups is 2. The number of amides is 2. The summed E-state index contributed by atoms with van der Waals surface area (Å²) < 4.78 is 0.946. The zero-order valence-electron chi connectivity index (χ0n) is 10.1. The molecule has 2 fully saturated rings. The number of fused-ring (bicyclic) bond motifs is 5. The standard InChI is InChI=1S/C15H12INO2/c16-10-3-1-2-4-11(10)17-14(18)12-8-5-6-9(7-8)13(12)15(17)19/h1-6,8-9,12-13H,7H2/t8-,9+,12-,13+. The smallest absolute Gasteiger partial charge is 0.238 e. The van der Waals surface area contributed by atoms with Crippen molar-refractivity contribution in [3.8, 4) is 0 Å². The van der Waals surface area contributed by atoms with Crippen LogP contribution in [0.1, 0.15) is 6.42 Å². The summed E-state index contributed by atoms with van der Waals surface area (Å²) in [4.78, 5) is 26.6. The Morgan fingerprint density at radius 1 is 1.00 bits per heavy atom. The Balaban J connectivity index is 1.79. The van der Waals surface area contributed by atoms with Gasteiger partial charge in [0.1, 0.15) is 0 Å². The molecule has 4 rings (SSSR count). The van der Waals surface area contributed by atoms with Crippen LogP contribution in [-0.2, 0) is 9.59 Å². The third-order valence-corrected chi connectivity index (χ3v) is 5.48. The van der Waals surface area contributed by atoms with Crippen molar-refractivity contribution in [1.82, 2.24) is 0 Å². The van der Waals surface area contributed by atoms with Crippen molar-refractivity contribution in [3.63, 3.8) is 0 Å². The summed E-state index contributed by atoms with van der Waals surface area (Å²) in [6.07, 6.45) is 5.22. The van der Waals surface area contributed by atoms with Gasteiger partial charge in [0.15, 0.2) is 0 Å². The number of imide groups is 1. The molecule has 0 N–H and O–H groups in total. The van der Waals surface area contributed by atoms with Crippen LogP contribution in [0.15, 0.2) is 36.4 Å². The molecule has 2 aliphatic carbocycles. The van der Waals surface area contributed by atoms with E-state index in [1.165, 1.54) is 4.90 Å². The zero-order chi connectivity index (χ0) is 13.1. The number of anilines is 1. The number of allylic oxidation sites excluding steroid dienone is 2. The number of nitrogens with zero attached hydrogens (tertiary/aromatic N) is 1. The Kier molecular flexibility index (Phi) is 2.40. The molecule has 3 aliphatic rings. The first-order chi connectivity index (χ1) is 9.18. The zero-order valence-corrected chi connectivity index (χ0v) is 12.3. The molecule has 0 spiro atoms. The quantitative estimate of drug-likeness (QED) is 0.436. The number of carbonyl (C=O) groups excluding carboxylic acids is 2. The minimum atomic E-state index is -0.112. The van der Waals surface area contributed by atoms with Crippen LogP contribution in [0.4, 0.5) is 5.69 Å². The number of hydrogen-bond acceptors (Lipinski definition) is 2. The van der Waals surface area contributed by atoms with Gasteiger partial charge in [0.05, 0.1) is 17.5 Å². The Labute approximate surface area is 124 Å². The van der Waals surface area contributed by atoms with Gasteiger partial charge < -0.3 is 0 Å². The minimum absolute atomic E-state index is 0.00374. The first-order valence-electron chi connectivity index (χ1n) is 6.49. The van der Waals surface area contributed by atoms with Gasteiger partial charge in [-0.05, 0) is 53.0 Å². The van der Waals surface area contributed by atoms with E-state index in [9.17, 15) is 9.59 Å². The Hall–Kier alpha value is -1.17. The fourth-order valence-corrected chi connectivity index (χ4v) is 4.40. The lowest BCUT2D eigenvalue weighted by atomic mass is 9.85. The summed E-state index contributed by atoms with van der Waals surface area (Å²) in [5.41, 5.74) is 0.743. The average molecular weight is 365 g/mol. The largest absolute Gasteiger partial charge is 0.274 e. The van der Waals surface area contributed by atoms with Crippen LogP contribution in [0.2, 0.25) is 0 Å². The van der Waals surface area contributed by atoms with Gasteiger partial charge in [0.25, 0.3) is 0 Å². The second-order valence-electron chi connectivity index (χ2n) is 5.46. The van der Waals surface area contributed by atoms with Crippen molar-refractivity contribution in [2.45, 2.75) is 6.42 Å². The van der Waals surface area contributed by atoms with E-state index in [0.29, 0.717) is 0 Å². The van der Waals surface area contributed by atoms with E-state index in [-0.39, 0.29) is 35.5 Å². The first kappa shape index (κ1) is 11.6. The molecule has 2 amide bonds. The lowest BCUT2D eigenvalue weighted by molar-refractivity contribution is -0.123. The summed E-state index contributed by atoms with van der Waals surface area (Å²) >= 11 is 2.18. The number of hydrogen-bond donors (Lipinski definition) is 0. The van der Waals surface area contributed by atoms with E-state index in [0.717, 1.165) is 15.7 Å². The maximum atomic E-state index is 12.6. The van der Waals surface area contributed by atoms with E-state index in [4.69, 9.17) is 0 Å². The van der Waals surface area contributed by atoms with Crippen molar-refractivity contribution in [2.24, 2.45) is 23.7 Å². The highest BCUT2D eigenvalue weighted by atomic mass is 127. The summed E-state index contributed by atoms with van der Waals surface area (Å²) in [7, 11) is 0. The summed E-state index contributed by atoms with van der Waals surface area (Å²) in [6.45, 7) is 0. The summed E-state index contributed by atoms with van der Waals surface area (Å²) in [6, 6.07) is 7.58. The minimum Gasteiger partial charge on any atom is -0.274 e. The Morgan fingerprint density at radius 3 is 2.16 bits per heavy atom. The summed E-state index contributed by atoms with van der Waals surface area (Å²) in [5.74, 6) is 0.319. The molecule has 0 unspecified atom stereocenters. The van der Waals surface area contributed by atoms with Gasteiger partial charge in [-0.1, -0.05) is 24.3 Å². The van der Waals surface area contributed by atoms with E-state index in [1.54, 1.807) is 0 Å². The van der Waals surface area contributed by atoms with E-state index in [1.807, 2.05) is 24.3 Å². The van der Waals surface area contributed by atoms with Crippen molar-refractivity contribution < 1.29 is 9.59 Å². The van der Waals surface area contributed by atoms with E-state index >= 15 is 0 Å². The molecule has 0 aromatic heterocycles. The molecular formula is C15H12INO2. The molecule has 1 saturated heterocycles. The Bertz CT molecular complexity index is 594. The average Bonchev–Trinajstić information content (AvgIpc) is 3.06. The van der Waals surface area contributed by atoms with Crippen LogP contribution in [0.3, 0.4) is 0 Å². The molecule has 4 atom stereocenters. The predicted molar refractivity (Wildman–Crippen MR) is 79.4 cm³/mol. The van der Waals surface area contributed by atoms with Crippen molar-refractivity contribution in [2.75, 3.05) is 4.90 Å². The number of benzene rings is 1. The molecule has 1 saturated carbocycles. The van der Waals surface area contributed by atoms with Crippen LogP contribution >= 0.6 is 22.6 Å². The van der Waals surface area contributed by atoms with Gasteiger partial charge >= 0.3 is 0 Å². The van der Waals surface area contributed by atoms with Gasteiger partial charge in [-0.15, -0.1) is 0 Å². The van der Waals surface area contributed by atoms with Crippen LogP contribution in [0.25, 0.3) is 0 Å². The fraction of sp³-hybridized carbons (Fsp3) is 0.333. The monoisotopic (exact) mass is 365 g/mol. The molecule has 96 valence electrons. The van der Waals surface area contributed by atoms with Gasteiger partial charge in [0.2, 0.25) is 11.8 Å². The lowest BCUT2D eigenvalue weighted by Gasteiger charge is -2.18. The van der Waals surface area contributed by atoms with Gasteiger partial charge in [0, 0.05) is 3.57 Å². The van der Waals surface area contributed by atoms with Crippen LogP contribution < -0.4 is 4.90 Å². The van der Waals surface area contributed by atoms with Gasteiger partial charge in [-0.3, -0.25) is 9.59 Å². The van der Waals surface area contributed by atoms with Crippen molar-refractivity contribution >= 4 is 40.1 Å². The van der Waals surface area contributed by atoms with Gasteiger partial charge in [-0.2, -0.15) is 0 Å². The van der Waals surface area contributed by atoms with Crippen LogP contribution in [0.5, 0.6) is 0 Å². The second kappa shape index (κ2) is 3.91. The first-order valence-corrected chi connectivity index (χ1v) is 7.57. The highest BCUT2D eigenvalue weighted by molar-refractivity contribution is 14.1. The molecule has 2 bridgehead atoms. The molecule has 1 heterocycles. The summed E-state index contributed by atoms with van der Waals surface area (Å²) in [5, 5.41) is 0. The van der Waals surface area contributed by atoms with Gasteiger partial charge in [-0.25, -0.2) is 4.90 Å². The maximum Gasteiger partial charge on any atom is 0.238 e. The molecule has 4 heteroatoms. The molecule has 19 heavy (non-hydrogen) atoms. The van der Waals surface area contributed by atoms with Crippen molar-refractivity contribution in [1.29, 1.82) is 0 Å². The third-order valence-electron chi connectivity index (χ3n) is 4.56. The fourth-order valence-electron chi connectivity index (χ4n) is 3.77. The third kappa shape index (κ3) is 1.43. The van der Waals surface area contributed by atoms with Crippen LogP contribution in [-0.4, -0.2) is 11.8 Å². The SMILES string of the molecule is O=C1[C@@H]2[C@H](C(=O)N1c1ccccc1I)[C@@H]1C=C[C@H]2C1. The topological polar surface area (TPSA) is 37.4 Å². The predicted octanol–water partition coefficient (Wildman–Crippen LogP) is 2.60. The normalized spacial score (nSPS) is 35.3. The highest BCUT2D eigenvalue weighted by Crippen LogP contribution is 2.53. The van der Waals surface area contributed by atoms with Crippen molar-refractivity contribution in [3.05, 3.63) is 40.0 Å². The lowest BCUT2D eigenvalue weighted by Crippen LogP contribution is -2.33. The Morgan fingerprint density at radius 2 is 1.58 bits per heavy atom. The number of rotatable bonds is 1. The molecule has 1 aromatic carbocycles. The highest BCUT2D eigenvalue weighted by Gasteiger charge is 2.59. The second-order valence-corrected chi connectivity index (χ2v) is 6.63. The maximum absolute atomic E-state index is 12.6. The molecule has 0 radical (unpaired) electrons. The van der Waals surface area contributed by atoms with E-state index in [2.05, 4.69) is 34.7 Å². The van der Waals surface area contributed by atoms with Crippen LogP contribution in [0, 0.1) is 27.2 Å². The molecule has 1 aliphatic heterocycles. The molecule has 1 aromatic rings. The molecular weight excluding hydrogens is 353 g/mol. The van der Waals surface area contributed by atoms with E-state index < -0.39 is 0 Å². The number of para-hydroxylation sites is 1.